The van der Waals surface area contributed by atoms with Crippen molar-refractivity contribution < 1.29 is 4.79 Å². The SMILES string of the molecule is CN=C(NCc1sc(C)nc1C)N1CCCC2(CNC(=O)C2)C1. The van der Waals surface area contributed by atoms with Crippen molar-refractivity contribution in [3.63, 3.8) is 0 Å². The maximum Gasteiger partial charge on any atom is 0.220 e. The van der Waals surface area contributed by atoms with Crippen LogP contribution < -0.4 is 10.6 Å². The van der Waals surface area contributed by atoms with Gasteiger partial charge in [0.05, 0.1) is 17.2 Å². The summed E-state index contributed by atoms with van der Waals surface area (Å²) < 4.78 is 0. The zero-order valence-electron chi connectivity index (χ0n) is 14.1. The number of nitrogens with one attached hydrogen (secondary N) is 2. The Bertz CT molecular complexity index is 626. The molecule has 1 spiro atoms. The third-order valence-corrected chi connectivity index (χ3v) is 5.85. The van der Waals surface area contributed by atoms with E-state index in [-0.39, 0.29) is 11.3 Å². The first kappa shape index (κ1) is 16.2. The maximum absolute atomic E-state index is 11.6. The van der Waals surface area contributed by atoms with Crippen LogP contribution in [0.15, 0.2) is 4.99 Å². The number of rotatable bonds is 2. The van der Waals surface area contributed by atoms with Gasteiger partial charge in [-0.25, -0.2) is 4.98 Å². The lowest BCUT2D eigenvalue weighted by atomic mass is 9.79. The number of aliphatic imine (C=N–C) groups is 1. The number of carbonyl (C=O) groups excluding carboxylic acids is 1. The third kappa shape index (κ3) is 3.49. The lowest BCUT2D eigenvalue weighted by Crippen LogP contribution is -2.51. The zero-order valence-corrected chi connectivity index (χ0v) is 14.9. The Morgan fingerprint density at radius 1 is 1.52 bits per heavy atom. The standard InChI is InChI=1S/C16H25N5OS/c1-11-13(23-12(2)20-11)8-18-15(17-3)21-6-4-5-16(10-21)7-14(22)19-9-16/h4-10H2,1-3H3,(H,17,18)(H,19,22). The molecule has 7 heteroatoms. The molecule has 2 N–H and O–H groups in total. The van der Waals surface area contributed by atoms with Gasteiger partial charge < -0.3 is 15.5 Å². The third-order valence-electron chi connectivity index (χ3n) is 4.78. The van der Waals surface area contributed by atoms with E-state index in [1.54, 1.807) is 11.3 Å². The summed E-state index contributed by atoms with van der Waals surface area (Å²) in [5.41, 5.74) is 1.18. The molecule has 0 aliphatic carbocycles. The van der Waals surface area contributed by atoms with Crippen molar-refractivity contribution in [1.29, 1.82) is 0 Å². The van der Waals surface area contributed by atoms with E-state index in [0.29, 0.717) is 6.42 Å². The quantitative estimate of drug-likeness (QED) is 0.634. The summed E-state index contributed by atoms with van der Waals surface area (Å²) in [6.45, 7) is 7.53. The van der Waals surface area contributed by atoms with Crippen molar-refractivity contribution >= 4 is 23.2 Å². The predicted octanol–water partition coefficient (Wildman–Crippen LogP) is 1.44. The van der Waals surface area contributed by atoms with Crippen LogP contribution in [0.2, 0.25) is 0 Å². The number of likely N-dealkylation sites (tertiary alicyclic amines) is 1. The van der Waals surface area contributed by atoms with Crippen molar-refractivity contribution in [2.75, 3.05) is 26.7 Å². The van der Waals surface area contributed by atoms with Crippen molar-refractivity contribution in [1.82, 2.24) is 20.5 Å². The summed E-state index contributed by atoms with van der Waals surface area (Å²) in [6, 6.07) is 0. The van der Waals surface area contributed by atoms with Gasteiger partial charge in [0.2, 0.25) is 5.91 Å². The second-order valence-corrected chi connectivity index (χ2v) is 7.91. The molecule has 3 heterocycles. The average Bonchev–Trinajstić information content (AvgIpc) is 3.02. The summed E-state index contributed by atoms with van der Waals surface area (Å²) in [4.78, 5) is 24.1. The molecule has 2 aliphatic rings. The number of aromatic nitrogens is 1. The van der Waals surface area contributed by atoms with Gasteiger partial charge in [-0.2, -0.15) is 0 Å². The molecule has 126 valence electrons. The Morgan fingerprint density at radius 2 is 2.35 bits per heavy atom. The lowest BCUT2D eigenvalue weighted by molar-refractivity contribution is -0.119. The van der Waals surface area contributed by atoms with Gasteiger partial charge in [-0.1, -0.05) is 0 Å². The van der Waals surface area contributed by atoms with Crippen molar-refractivity contribution in [3.05, 3.63) is 15.6 Å². The monoisotopic (exact) mass is 335 g/mol. The van der Waals surface area contributed by atoms with E-state index in [1.165, 1.54) is 4.88 Å². The fourth-order valence-corrected chi connectivity index (χ4v) is 4.53. The Kier molecular flexibility index (Phi) is 4.57. The highest BCUT2D eigenvalue weighted by molar-refractivity contribution is 7.11. The average molecular weight is 335 g/mol. The van der Waals surface area contributed by atoms with Crippen LogP contribution in [0.25, 0.3) is 0 Å². The van der Waals surface area contributed by atoms with E-state index in [9.17, 15) is 4.79 Å². The molecule has 0 saturated carbocycles. The van der Waals surface area contributed by atoms with Crippen LogP contribution in [0.5, 0.6) is 0 Å². The molecular formula is C16H25N5OS. The van der Waals surface area contributed by atoms with Gasteiger partial charge in [0.1, 0.15) is 0 Å². The molecule has 1 aromatic heterocycles. The van der Waals surface area contributed by atoms with Crippen LogP contribution in [0.4, 0.5) is 0 Å². The number of piperidine rings is 1. The largest absolute Gasteiger partial charge is 0.355 e. The molecule has 3 rings (SSSR count). The summed E-state index contributed by atoms with van der Waals surface area (Å²) in [6.07, 6.45) is 2.87. The number of amides is 1. The van der Waals surface area contributed by atoms with Gasteiger partial charge in [-0.15, -0.1) is 11.3 Å². The highest BCUT2D eigenvalue weighted by atomic mass is 32.1. The molecular weight excluding hydrogens is 310 g/mol. The highest BCUT2D eigenvalue weighted by Gasteiger charge is 2.42. The fourth-order valence-electron chi connectivity index (χ4n) is 3.66. The molecule has 0 radical (unpaired) electrons. The zero-order chi connectivity index (χ0) is 16.4. The van der Waals surface area contributed by atoms with Gasteiger partial charge in [-0.3, -0.25) is 9.79 Å². The number of nitrogens with zero attached hydrogens (tertiary/aromatic N) is 3. The van der Waals surface area contributed by atoms with Crippen LogP contribution in [0.1, 0.15) is 34.8 Å². The molecule has 2 aliphatic heterocycles. The molecule has 1 aromatic rings. The van der Waals surface area contributed by atoms with E-state index in [1.807, 2.05) is 14.0 Å². The minimum absolute atomic E-state index is 0.0872. The minimum Gasteiger partial charge on any atom is -0.355 e. The van der Waals surface area contributed by atoms with Crippen LogP contribution in [-0.2, 0) is 11.3 Å². The number of hydrogen-bond acceptors (Lipinski definition) is 4. The topological polar surface area (TPSA) is 69.6 Å². The van der Waals surface area contributed by atoms with Gasteiger partial charge in [-0.05, 0) is 26.7 Å². The number of carbonyl (C=O) groups is 1. The number of thiazole rings is 1. The van der Waals surface area contributed by atoms with E-state index in [0.717, 1.165) is 55.7 Å². The van der Waals surface area contributed by atoms with Gasteiger partial charge in [0.25, 0.3) is 0 Å². The summed E-state index contributed by atoms with van der Waals surface area (Å²) in [7, 11) is 1.83. The second-order valence-electron chi connectivity index (χ2n) is 6.62. The molecule has 1 atom stereocenters. The Balaban J connectivity index is 1.64. The highest BCUT2D eigenvalue weighted by Crippen LogP contribution is 2.36. The molecule has 0 bridgehead atoms. The summed E-state index contributed by atoms with van der Waals surface area (Å²) in [5, 5.41) is 7.56. The molecule has 2 fully saturated rings. The molecule has 2 saturated heterocycles. The minimum atomic E-state index is 0.0872. The van der Waals surface area contributed by atoms with Gasteiger partial charge in [0, 0.05) is 43.4 Å². The Labute approximate surface area is 141 Å². The molecule has 1 unspecified atom stereocenters. The Morgan fingerprint density at radius 3 is 2.96 bits per heavy atom. The van der Waals surface area contributed by atoms with Crippen molar-refractivity contribution in [2.45, 2.75) is 39.7 Å². The first-order valence-corrected chi connectivity index (χ1v) is 8.98. The fraction of sp³-hybridized carbons (Fsp3) is 0.688. The van der Waals surface area contributed by atoms with E-state index in [4.69, 9.17) is 0 Å². The first-order valence-electron chi connectivity index (χ1n) is 8.16. The molecule has 6 nitrogen and oxygen atoms in total. The molecule has 1 amide bonds. The van der Waals surface area contributed by atoms with Crippen LogP contribution >= 0.6 is 11.3 Å². The van der Waals surface area contributed by atoms with Crippen LogP contribution in [-0.4, -0.2) is 48.4 Å². The summed E-state index contributed by atoms with van der Waals surface area (Å²) in [5.74, 6) is 1.11. The number of aryl methyl sites for hydroxylation is 2. The predicted molar refractivity (Wildman–Crippen MR) is 92.7 cm³/mol. The Hall–Kier alpha value is -1.63. The molecule has 23 heavy (non-hydrogen) atoms. The second kappa shape index (κ2) is 6.47. The van der Waals surface area contributed by atoms with Crippen LogP contribution in [0.3, 0.4) is 0 Å². The van der Waals surface area contributed by atoms with Crippen molar-refractivity contribution in [3.8, 4) is 0 Å². The van der Waals surface area contributed by atoms with E-state index >= 15 is 0 Å². The lowest BCUT2D eigenvalue weighted by Gasteiger charge is -2.40. The van der Waals surface area contributed by atoms with Crippen LogP contribution in [0, 0.1) is 19.3 Å². The van der Waals surface area contributed by atoms with E-state index in [2.05, 4.69) is 32.4 Å². The first-order chi connectivity index (χ1) is 11.0. The van der Waals surface area contributed by atoms with Crippen molar-refractivity contribution in [2.24, 2.45) is 10.4 Å². The summed E-state index contributed by atoms with van der Waals surface area (Å²) >= 11 is 1.73. The van der Waals surface area contributed by atoms with Gasteiger partial charge >= 0.3 is 0 Å². The van der Waals surface area contributed by atoms with Gasteiger partial charge in [0.15, 0.2) is 5.96 Å². The maximum atomic E-state index is 11.6. The number of guanidine groups is 1. The smallest absolute Gasteiger partial charge is 0.220 e. The van der Waals surface area contributed by atoms with E-state index < -0.39 is 0 Å². The molecule has 0 aromatic carbocycles. The number of hydrogen-bond donors (Lipinski definition) is 2. The normalized spacial score (nSPS) is 25.1.